The topological polar surface area (TPSA) is 93.1 Å². The van der Waals surface area contributed by atoms with Crippen LogP contribution in [0.2, 0.25) is 0 Å². The molecule has 0 atom stereocenters. The second-order valence-electron chi connectivity index (χ2n) is 7.33. The van der Waals surface area contributed by atoms with Crippen LogP contribution in [0.3, 0.4) is 0 Å². The van der Waals surface area contributed by atoms with Crippen molar-refractivity contribution in [1.82, 2.24) is 9.78 Å². The summed E-state index contributed by atoms with van der Waals surface area (Å²) < 4.78 is 1.07. The number of aromatic nitrogens is 2. The first-order chi connectivity index (χ1) is 14.3. The molecule has 154 valence electrons. The van der Waals surface area contributed by atoms with Gasteiger partial charge in [-0.1, -0.05) is 56.3 Å². The van der Waals surface area contributed by atoms with Crippen molar-refractivity contribution in [3.8, 4) is 11.3 Å². The quantitative estimate of drug-likeness (QED) is 0.658. The van der Waals surface area contributed by atoms with Crippen molar-refractivity contribution >= 4 is 23.2 Å². The molecule has 0 radical (unpaired) electrons. The van der Waals surface area contributed by atoms with Gasteiger partial charge in [-0.05, 0) is 30.7 Å². The van der Waals surface area contributed by atoms with E-state index < -0.39 is 5.56 Å². The zero-order valence-corrected chi connectivity index (χ0v) is 17.2. The molecule has 3 aromatic rings. The smallest absolute Gasteiger partial charge is 0.291 e. The number of amides is 2. The average Bonchev–Trinajstić information content (AvgIpc) is 2.71. The third-order valence-electron chi connectivity index (χ3n) is 4.42. The summed E-state index contributed by atoms with van der Waals surface area (Å²) in [6.07, 6.45) is 0. The van der Waals surface area contributed by atoms with Crippen molar-refractivity contribution < 1.29 is 9.59 Å². The van der Waals surface area contributed by atoms with E-state index in [1.165, 1.54) is 6.07 Å². The largest absolute Gasteiger partial charge is 0.324 e. The lowest BCUT2D eigenvalue weighted by atomic mass is 10.1. The van der Waals surface area contributed by atoms with E-state index >= 15 is 0 Å². The molecule has 2 N–H and O–H groups in total. The van der Waals surface area contributed by atoms with E-state index in [4.69, 9.17) is 0 Å². The summed E-state index contributed by atoms with van der Waals surface area (Å²) in [6.45, 7) is 5.12. The number of nitrogens with zero attached hydrogens (tertiary/aromatic N) is 2. The standard InChI is InChI=1S/C23H24N4O3/c1-15(2)22(29)25-20-13-19(17-9-5-4-6-10-17)26-27(23(20)30)14-21(28)24-18-11-7-8-16(3)12-18/h4-13,15H,14H2,1-3H3,(H,24,28)(H,25,29). The average molecular weight is 404 g/mol. The number of rotatable bonds is 6. The van der Waals surface area contributed by atoms with Crippen LogP contribution in [-0.4, -0.2) is 21.6 Å². The number of hydrogen-bond donors (Lipinski definition) is 2. The van der Waals surface area contributed by atoms with Crippen LogP contribution < -0.4 is 16.2 Å². The molecule has 0 aliphatic rings. The van der Waals surface area contributed by atoms with Crippen molar-refractivity contribution in [1.29, 1.82) is 0 Å². The lowest BCUT2D eigenvalue weighted by Crippen LogP contribution is -2.33. The molecule has 2 amide bonds. The normalized spacial score (nSPS) is 10.7. The Morgan fingerprint density at radius 1 is 1.00 bits per heavy atom. The summed E-state index contributed by atoms with van der Waals surface area (Å²) in [4.78, 5) is 37.6. The van der Waals surface area contributed by atoms with Crippen molar-refractivity contribution in [2.24, 2.45) is 5.92 Å². The first-order valence-electron chi connectivity index (χ1n) is 9.68. The molecule has 0 aliphatic carbocycles. The van der Waals surface area contributed by atoms with E-state index in [1.807, 2.05) is 55.5 Å². The number of carbonyl (C=O) groups is 2. The molecule has 30 heavy (non-hydrogen) atoms. The molecule has 7 heteroatoms. The van der Waals surface area contributed by atoms with Gasteiger partial charge < -0.3 is 10.6 Å². The molecule has 0 bridgehead atoms. The van der Waals surface area contributed by atoms with Crippen molar-refractivity contribution in [3.05, 3.63) is 76.6 Å². The Bertz CT molecular complexity index is 1120. The fourth-order valence-electron chi connectivity index (χ4n) is 2.82. The van der Waals surface area contributed by atoms with Crippen molar-refractivity contribution in [2.45, 2.75) is 27.3 Å². The van der Waals surface area contributed by atoms with Gasteiger partial charge >= 0.3 is 0 Å². The molecule has 3 rings (SSSR count). The van der Waals surface area contributed by atoms with Crippen LogP contribution in [0.1, 0.15) is 19.4 Å². The zero-order valence-electron chi connectivity index (χ0n) is 17.2. The molecule has 1 heterocycles. The lowest BCUT2D eigenvalue weighted by molar-refractivity contribution is -0.119. The van der Waals surface area contributed by atoms with Gasteiger partial charge in [-0.2, -0.15) is 5.10 Å². The highest BCUT2D eigenvalue weighted by Crippen LogP contribution is 2.18. The molecule has 0 unspecified atom stereocenters. The van der Waals surface area contributed by atoms with Gasteiger partial charge in [0, 0.05) is 17.2 Å². The van der Waals surface area contributed by atoms with Gasteiger partial charge in [0.15, 0.2) is 0 Å². The van der Waals surface area contributed by atoms with Gasteiger partial charge in [0.25, 0.3) is 5.56 Å². The Labute approximate surface area is 174 Å². The third-order valence-corrected chi connectivity index (χ3v) is 4.42. The number of hydrogen-bond acceptors (Lipinski definition) is 4. The van der Waals surface area contributed by atoms with Crippen LogP contribution in [0.25, 0.3) is 11.3 Å². The minimum absolute atomic E-state index is 0.0888. The second kappa shape index (κ2) is 9.17. The molecule has 0 saturated carbocycles. The minimum atomic E-state index is -0.539. The fourth-order valence-corrected chi connectivity index (χ4v) is 2.82. The van der Waals surface area contributed by atoms with Crippen LogP contribution >= 0.6 is 0 Å². The predicted molar refractivity (Wildman–Crippen MR) is 117 cm³/mol. The Hall–Kier alpha value is -3.74. The highest BCUT2D eigenvalue weighted by atomic mass is 16.2. The van der Waals surface area contributed by atoms with Gasteiger partial charge in [0.05, 0.1) is 5.69 Å². The summed E-state index contributed by atoms with van der Waals surface area (Å²) in [7, 11) is 0. The van der Waals surface area contributed by atoms with Crippen LogP contribution in [0.5, 0.6) is 0 Å². The first kappa shape index (κ1) is 21.0. The summed E-state index contributed by atoms with van der Waals surface area (Å²) in [5, 5.41) is 9.76. The van der Waals surface area contributed by atoms with E-state index in [1.54, 1.807) is 19.9 Å². The van der Waals surface area contributed by atoms with Crippen LogP contribution in [0.15, 0.2) is 65.5 Å². The van der Waals surface area contributed by atoms with Crippen molar-refractivity contribution in [3.63, 3.8) is 0 Å². The van der Waals surface area contributed by atoms with E-state index in [0.717, 1.165) is 15.8 Å². The summed E-state index contributed by atoms with van der Waals surface area (Å²) in [6, 6.07) is 18.2. The van der Waals surface area contributed by atoms with Gasteiger partial charge in [0.2, 0.25) is 11.8 Å². The predicted octanol–water partition coefficient (Wildman–Crippen LogP) is 3.45. The second-order valence-corrected chi connectivity index (χ2v) is 7.33. The number of aryl methyl sites for hydroxylation is 1. The van der Waals surface area contributed by atoms with Gasteiger partial charge in [-0.25, -0.2) is 4.68 Å². The Balaban J connectivity index is 1.94. The van der Waals surface area contributed by atoms with Gasteiger partial charge in [0.1, 0.15) is 12.2 Å². The van der Waals surface area contributed by atoms with Crippen LogP contribution in [0.4, 0.5) is 11.4 Å². The molecule has 2 aromatic carbocycles. The monoisotopic (exact) mass is 404 g/mol. The number of benzene rings is 2. The van der Waals surface area contributed by atoms with E-state index in [0.29, 0.717) is 11.4 Å². The van der Waals surface area contributed by atoms with Crippen LogP contribution in [-0.2, 0) is 16.1 Å². The van der Waals surface area contributed by atoms with E-state index in [9.17, 15) is 14.4 Å². The number of carbonyl (C=O) groups excluding carboxylic acids is 2. The minimum Gasteiger partial charge on any atom is -0.324 e. The summed E-state index contributed by atoms with van der Waals surface area (Å²) in [5.74, 6) is -0.967. The fraction of sp³-hybridized carbons (Fsp3) is 0.217. The van der Waals surface area contributed by atoms with E-state index in [-0.39, 0.29) is 30.0 Å². The Kier molecular flexibility index (Phi) is 6.41. The number of nitrogens with one attached hydrogen (secondary N) is 2. The molecule has 0 aliphatic heterocycles. The number of anilines is 2. The molecule has 0 spiro atoms. The van der Waals surface area contributed by atoms with Gasteiger partial charge in [-0.15, -0.1) is 0 Å². The summed E-state index contributed by atoms with van der Waals surface area (Å²) in [5.41, 5.74) is 2.45. The van der Waals surface area contributed by atoms with Crippen molar-refractivity contribution in [2.75, 3.05) is 10.6 Å². The molecule has 0 saturated heterocycles. The Morgan fingerprint density at radius 2 is 1.73 bits per heavy atom. The Morgan fingerprint density at radius 3 is 2.40 bits per heavy atom. The highest BCUT2D eigenvalue weighted by molar-refractivity contribution is 5.93. The van der Waals surface area contributed by atoms with Gasteiger partial charge in [-0.3, -0.25) is 14.4 Å². The molecule has 7 nitrogen and oxygen atoms in total. The zero-order chi connectivity index (χ0) is 21.7. The lowest BCUT2D eigenvalue weighted by Gasteiger charge is -2.13. The van der Waals surface area contributed by atoms with Crippen LogP contribution in [0, 0.1) is 12.8 Å². The molecular formula is C23H24N4O3. The van der Waals surface area contributed by atoms with E-state index in [2.05, 4.69) is 15.7 Å². The molecular weight excluding hydrogens is 380 g/mol. The maximum Gasteiger partial charge on any atom is 0.291 e. The SMILES string of the molecule is Cc1cccc(NC(=O)Cn2nc(-c3ccccc3)cc(NC(=O)C(C)C)c2=O)c1. The highest BCUT2D eigenvalue weighted by Gasteiger charge is 2.16. The maximum absolute atomic E-state index is 12.9. The maximum atomic E-state index is 12.9. The third kappa shape index (κ3) is 5.20. The molecule has 1 aromatic heterocycles. The first-order valence-corrected chi connectivity index (χ1v) is 9.68. The summed E-state index contributed by atoms with van der Waals surface area (Å²) >= 11 is 0. The molecule has 0 fully saturated rings.